The van der Waals surface area contributed by atoms with Crippen LogP contribution in [0, 0.1) is 6.92 Å². The second-order valence-corrected chi connectivity index (χ2v) is 10.9. The summed E-state index contributed by atoms with van der Waals surface area (Å²) >= 11 is 12.3. The van der Waals surface area contributed by atoms with Gasteiger partial charge in [-0.25, -0.2) is 8.42 Å². The number of carbonyl (C=O) groups excluding carboxylic acids is 1. The molecule has 0 atom stereocenters. The molecule has 1 amide bonds. The lowest BCUT2D eigenvalue weighted by atomic mass is 10.00. The maximum absolute atomic E-state index is 13.5. The third-order valence-corrected chi connectivity index (χ3v) is 8.21. The van der Waals surface area contributed by atoms with E-state index in [0.717, 1.165) is 17.5 Å². The summed E-state index contributed by atoms with van der Waals surface area (Å²) in [5.74, 6) is -0.245. The Bertz CT molecular complexity index is 1280. The maximum Gasteiger partial charge on any atom is 0.243 e. The Kier molecular flexibility index (Phi) is 7.10. The predicted octanol–water partition coefficient (Wildman–Crippen LogP) is 5.08. The van der Waals surface area contributed by atoms with Crippen molar-refractivity contribution in [2.45, 2.75) is 31.3 Å². The van der Waals surface area contributed by atoms with Gasteiger partial charge in [-0.2, -0.15) is 4.31 Å². The van der Waals surface area contributed by atoms with Gasteiger partial charge in [0.2, 0.25) is 15.9 Å². The van der Waals surface area contributed by atoms with Crippen molar-refractivity contribution in [3.05, 3.63) is 99.0 Å². The van der Waals surface area contributed by atoms with Gasteiger partial charge in [0.05, 0.1) is 11.4 Å². The molecule has 0 spiro atoms. The van der Waals surface area contributed by atoms with Crippen LogP contribution in [0.5, 0.6) is 0 Å². The largest absolute Gasteiger partial charge is 0.337 e. The molecule has 1 aliphatic heterocycles. The van der Waals surface area contributed by atoms with E-state index in [2.05, 4.69) is 6.07 Å². The normalized spacial score (nSPS) is 13.8. The molecule has 1 heterocycles. The van der Waals surface area contributed by atoms with E-state index >= 15 is 0 Å². The summed E-state index contributed by atoms with van der Waals surface area (Å²) in [6.07, 6.45) is 0.746. The van der Waals surface area contributed by atoms with Gasteiger partial charge in [-0.1, -0.05) is 71.2 Å². The zero-order valence-electron chi connectivity index (χ0n) is 18.2. The van der Waals surface area contributed by atoms with E-state index in [1.165, 1.54) is 9.87 Å². The topological polar surface area (TPSA) is 57.7 Å². The van der Waals surface area contributed by atoms with Crippen LogP contribution in [0.2, 0.25) is 10.0 Å². The minimum atomic E-state index is -3.94. The summed E-state index contributed by atoms with van der Waals surface area (Å²) < 4.78 is 28.2. The minimum absolute atomic E-state index is 0.0393. The molecule has 3 aromatic carbocycles. The Morgan fingerprint density at radius 2 is 1.70 bits per heavy atom. The Hall–Kier alpha value is -2.38. The molecule has 0 unspecified atom stereocenters. The number of halogens is 2. The van der Waals surface area contributed by atoms with Crippen molar-refractivity contribution in [1.82, 2.24) is 9.21 Å². The molecule has 8 heteroatoms. The van der Waals surface area contributed by atoms with Crippen LogP contribution in [-0.2, 0) is 34.3 Å². The number of amides is 1. The highest BCUT2D eigenvalue weighted by molar-refractivity contribution is 7.89. The number of rotatable bonds is 6. The fourth-order valence-corrected chi connectivity index (χ4v) is 5.72. The highest BCUT2D eigenvalue weighted by atomic mass is 35.5. The lowest BCUT2D eigenvalue weighted by molar-refractivity contribution is -0.132. The monoisotopic (exact) mass is 502 g/mol. The molecule has 0 saturated heterocycles. The summed E-state index contributed by atoms with van der Waals surface area (Å²) in [5.41, 5.74) is 3.84. The van der Waals surface area contributed by atoms with Crippen LogP contribution in [0.1, 0.15) is 22.3 Å². The zero-order chi connectivity index (χ0) is 23.6. The average molecular weight is 503 g/mol. The molecular formula is C25H24Cl2N2O3S. The molecule has 1 aliphatic rings. The molecule has 0 radical (unpaired) electrons. The van der Waals surface area contributed by atoms with Crippen molar-refractivity contribution >= 4 is 39.1 Å². The van der Waals surface area contributed by atoms with Crippen LogP contribution in [0.15, 0.2) is 71.6 Å². The van der Waals surface area contributed by atoms with E-state index in [4.69, 9.17) is 23.2 Å². The van der Waals surface area contributed by atoms with E-state index in [1.54, 1.807) is 47.4 Å². The van der Waals surface area contributed by atoms with Gasteiger partial charge in [0.1, 0.15) is 0 Å². The quantitative estimate of drug-likeness (QED) is 0.472. The maximum atomic E-state index is 13.5. The molecule has 0 N–H and O–H groups in total. The van der Waals surface area contributed by atoms with Gasteiger partial charge in [-0.05, 0) is 54.3 Å². The Morgan fingerprint density at radius 1 is 1.00 bits per heavy atom. The third-order valence-electron chi connectivity index (χ3n) is 5.82. The summed E-state index contributed by atoms with van der Waals surface area (Å²) in [5, 5.41) is 0.811. The fourth-order valence-electron chi connectivity index (χ4n) is 3.88. The van der Waals surface area contributed by atoms with Gasteiger partial charge in [-0.3, -0.25) is 4.79 Å². The molecule has 172 valence electrons. The predicted molar refractivity (Wildman–Crippen MR) is 131 cm³/mol. The summed E-state index contributed by atoms with van der Waals surface area (Å²) in [6, 6.07) is 19.5. The smallest absolute Gasteiger partial charge is 0.243 e. The number of hydrogen-bond acceptors (Lipinski definition) is 3. The molecule has 5 nitrogen and oxygen atoms in total. The molecule has 0 aliphatic carbocycles. The lowest BCUT2D eigenvalue weighted by Gasteiger charge is -2.31. The summed E-state index contributed by atoms with van der Waals surface area (Å²) in [7, 11) is -3.94. The number of nitrogens with zero attached hydrogens (tertiary/aromatic N) is 2. The highest BCUT2D eigenvalue weighted by Crippen LogP contribution is 2.26. The first-order valence-electron chi connectivity index (χ1n) is 10.6. The average Bonchev–Trinajstić information content (AvgIpc) is 2.80. The molecule has 0 bridgehead atoms. The molecular weight excluding hydrogens is 479 g/mol. The SMILES string of the molecule is Cc1ccc(S(=O)(=O)N(CC(=O)N2CCc3ccccc3C2)Cc2ccc(Cl)cc2Cl)cc1. The second-order valence-electron chi connectivity index (χ2n) is 8.16. The first-order valence-corrected chi connectivity index (χ1v) is 12.8. The summed E-state index contributed by atoms with van der Waals surface area (Å²) in [4.78, 5) is 15.1. The van der Waals surface area contributed by atoms with Crippen molar-refractivity contribution in [1.29, 1.82) is 0 Å². The number of aryl methyl sites for hydroxylation is 1. The molecule has 3 aromatic rings. The number of benzene rings is 3. The Morgan fingerprint density at radius 3 is 2.39 bits per heavy atom. The zero-order valence-corrected chi connectivity index (χ0v) is 20.5. The van der Waals surface area contributed by atoms with Crippen molar-refractivity contribution < 1.29 is 13.2 Å². The van der Waals surface area contributed by atoms with Crippen LogP contribution in [0.4, 0.5) is 0 Å². The van der Waals surface area contributed by atoms with Gasteiger partial charge >= 0.3 is 0 Å². The van der Waals surface area contributed by atoms with E-state index in [1.807, 2.05) is 25.1 Å². The van der Waals surface area contributed by atoms with E-state index < -0.39 is 10.0 Å². The van der Waals surface area contributed by atoms with Crippen LogP contribution < -0.4 is 0 Å². The van der Waals surface area contributed by atoms with E-state index in [9.17, 15) is 13.2 Å². The molecule has 0 fully saturated rings. The second kappa shape index (κ2) is 9.85. The van der Waals surface area contributed by atoms with Crippen LogP contribution in [-0.4, -0.2) is 36.6 Å². The van der Waals surface area contributed by atoms with Gasteiger partial charge in [-0.15, -0.1) is 0 Å². The molecule has 4 rings (SSSR count). The van der Waals surface area contributed by atoms with Gasteiger partial charge < -0.3 is 4.90 Å². The summed E-state index contributed by atoms with van der Waals surface area (Å²) in [6.45, 7) is 2.59. The number of sulfonamides is 1. The van der Waals surface area contributed by atoms with Crippen molar-refractivity contribution in [3.63, 3.8) is 0 Å². The van der Waals surface area contributed by atoms with Crippen molar-refractivity contribution in [2.75, 3.05) is 13.1 Å². The molecule has 0 aromatic heterocycles. The molecule has 0 saturated carbocycles. The van der Waals surface area contributed by atoms with Gasteiger partial charge in [0, 0.05) is 29.7 Å². The first-order chi connectivity index (χ1) is 15.7. The molecule has 33 heavy (non-hydrogen) atoms. The van der Waals surface area contributed by atoms with Crippen LogP contribution in [0.25, 0.3) is 0 Å². The number of fused-ring (bicyclic) bond motifs is 1. The number of hydrogen-bond donors (Lipinski definition) is 0. The van der Waals surface area contributed by atoms with Crippen LogP contribution in [0.3, 0.4) is 0 Å². The van der Waals surface area contributed by atoms with E-state index in [-0.39, 0.29) is 23.9 Å². The third kappa shape index (κ3) is 5.41. The highest BCUT2D eigenvalue weighted by Gasteiger charge is 2.30. The van der Waals surface area contributed by atoms with E-state index in [0.29, 0.717) is 28.7 Å². The Labute approximate surface area is 204 Å². The standard InChI is InChI=1S/C25H24Cl2N2O3S/c1-18-6-10-23(11-7-18)33(31,32)29(16-21-8-9-22(26)14-24(21)27)17-25(30)28-13-12-19-4-2-3-5-20(19)15-28/h2-11,14H,12-13,15-17H2,1H3. The first kappa shape index (κ1) is 23.8. The van der Waals surface area contributed by atoms with Gasteiger partial charge in [0.25, 0.3) is 0 Å². The minimum Gasteiger partial charge on any atom is -0.337 e. The fraction of sp³-hybridized carbons (Fsp3) is 0.240. The Balaban J connectivity index is 1.62. The van der Waals surface area contributed by atoms with Crippen LogP contribution >= 0.6 is 23.2 Å². The van der Waals surface area contributed by atoms with Gasteiger partial charge in [0.15, 0.2) is 0 Å². The van der Waals surface area contributed by atoms with Crippen molar-refractivity contribution in [2.24, 2.45) is 0 Å². The lowest BCUT2D eigenvalue weighted by Crippen LogP contribution is -2.44. The number of carbonyl (C=O) groups is 1. The van der Waals surface area contributed by atoms with Crippen molar-refractivity contribution in [3.8, 4) is 0 Å².